The van der Waals surface area contributed by atoms with Crippen molar-refractivity contribution in [1.29, 1.82) is 0 Å². The fourth-order valence-electron chi connectivity index (χ4n) is 2.59. The second-order valence-electron chi connectivity index (χ2n) is 5.38. The molecule has 0 aliphatic heterocycles. The van der Waals surface area contributed by atoms with Gasteiger partial charge in [-0.25, -0.2) is 9.97 Å². The van der Waals surface area contributed by atoms with Gasteiger partial charge < -0.3 is 11.1 Å². The van der Waals surface area contributed by atoms with Crippen LogP contribution >= 0.6 is 0 Å². The minimum atomic E-state index is -0.562. The summed E-state index contributed by atoms with van der Waals surface area (Å²) >= 11 is 0. The number of rotatable bonds is 4. The van der Waals surface area contributed by atoms with Gasteiger partial charge in [0.05, 0.1) is 5.69 Å². The minimum absolute atomic E-state index is 0.180. The van der Waals surface area contributed by atoms with Gasteiger partial charge in [-0.05, 0) is 24.1 Å². The summed E-state index contributed by atoms with van der Waals surface area (Å²) in [5, 5.41) is 4.09. The van der Waals surface area contributed by atoms with E-state index in [0.717, 1.165) is 6.42 Å². The number of benzene rings is 1. The van der Waals surface area contributed by atoms with Gasteiger partial charge in [-0.15, -0.1) is 0 Å². The van der Waals surface area contributed by atoms with Crippen LogP contribution in [0.25, 0.3) is 21.9 Å². The Morgan fingerprint density at radius 3 is 2.71 bits per heavy atom. The standard InChI is InChI=1S/C18H17FN4O/c1-2-8-22-18(24)16-15(20)12-6-3-5-11(14(12)10-23-16)13-7-4-9-21-17(13)19/h3-7,9-10H,2,8,20H2,1H3,(H,22,24). The molecule has 0 unspecified atom stereocenters. The summed E-state index contributed by atoms with van der Waals surface area (Å²) < 4.78 is 14.0. The Kier molecular flexibility index (Phi) is 4.37. The molecule has 3 N–H and O–H groups in total. The molecule has 3 aromatic rings. The summed E-state index contributed by atoms with van der Waals surface area (Å²) in [6.07, 6.45) is 3.77. The molecule has 0 saturated carbocycles. The summed E-state index contributed by atoms with van der Waals surface area (Å²) in [5.41, 5.74) is 7.61. The van der Waals surface area contributed by atoms with E-state index in [0.29, 0.717) is 28.4 Å². The van der Waals surface area contributed by atoms with Crippen molar-refractivity contribution in [1.82, 2.24) is 15.3 Å². The molecule has 1 aromatic carbocycles. The molecule has 3 rings (SSSR count). The van der Waals surface area contributed by atoms with Crippen molar-refractivity contribution in [3.63, 3.8) is 0 Å². The number of anilines is 1. The summed E-state index contributed by atoms with van der Waals surface area (Å²) in [4.78, 5) is 20.0. The molecule has 0 atom stereocenters. The highest BCUT2D eigenvalue weighted by molar-refractivity contribution is 6.09. The zero-order valence-corrected chi connectivity index (χ0v) is 13.2. The van der Waals surface area contributed by atoms with E-state index in [9.17, 15) is 9.18 Å². The van der Waals surface area contributed by atoms with E-state index in [1.54, 1.807) is 36.5 Å². The number of pyridine rings is 2. The predicted molar refractivity (Wildman–Crippen MR) is 92.0 cm³/mol. The number of carbonyl (C=O) groups is 1. The van der Waals surface area contributed by atoms with E-state index < -0.39 is 5.95 Å². The van der Waals surface area contributed by atoms with E-state index in [4.69, 9.17) is 5.73 Å². The van der Waals surface area contributed by atoms with Crippen molar-refractivity contribution in [2.24, 2.45) is 0 Å². The minimum Gasteiger partial charge on any atom is -0.396 e. The van der Waals surface area contributed by atoms with Crippen molar-refractivity contribution in [2.75, 3.05) is 12.3 Å². The number of halogens is 1. The molecule has 0 aliphatic carbocycles. The molecule has 0 spiro atoms. The Hall–Kier alpha value is -3.02. The third-order valence-corrected chi connectivity index (χ3v) is 3.77. The Balaban J connectivity index is 2.15. The molecule has 122 valence electrons. The maximum atomic E-state index is 14.0. The van der Waals surface area contributed by atoms with Gasteiger partial charge in [0, 0.05) is 35.3 Å². The summed E-state index contributed by atoms with van der Waals surface area (Å²) in [6.45, 7) is 2.52. The number of nitrogens with one attached hydrogen (secondary N) is 1. The van der Waals surface area contributed by atoms with Crippen molar-refractivity contribution in [3.05, 3.63) is 54.4 Å². The van der Waals surface area contributed by atoms with Crippen LogP contribution in [-0.4, -0.2) is 22.4 Å². The number of nitrogens with two attached hydrogens (primary N) is 1. The number of nitrogens with zero attached hydrogens (tertiary/aromatic N) is 2. The maximum absolute atomic E-state index is 14.0. The SMILES string of the molecule is CCCNC(=O)c1ncc2c(-c3cccnc3F)cccc2c1N. The lowest BCUT2D eigenvalue weighted by molar-refractivity contribution is 0.0950. The second-order valence-corrected chi connectivity index (χ2v) is 5.38. The first-order chi connectivity index (χ1) is 11.6. The quantitative estimate of drug-likeness (QED) is 0.722. The number of hydrogen-bond acceptors (Lipinski definition) is 4. The zero-order chi connectivity index (χ0) is 17.1. The first kappa shape index (κ1) is 15.9. The van der Waals surface area contributed by atoms with Crippen LogP contribution in [0.4, 0.5) is 10.1 Å². The van der Waals surface area contributed by atoms with Gasteiger partial charge in [0.2, 0.25) is 5.95 Å². The summed E-state index contributed by atoms with van der Waals surface area (Å²) in [5.74, 6) is -0.873. The summed E-state index contributed by atoms with van der Waals surface area (Å²) in [6, 6.07) is 8.66. The summed E-state index contributed by atoms with van der Waals surface area (Å²) in [7, 11) is 0. The Bertz CT molecular complexity index is 911. The van der Waals surface area contributed by atoms with Crippen molar-refractivity contribution >= 4 is 22.4 Å². The van der Waals surface area contributed by atoms with Gasteiger partial charge in [-0.2, -0.15) is 4.39 Å². The monoisotopic (exact) mass is 324 g/mol. The number of aromatic nitrogens is 2. The fraction of sp³-hybridized carbons (Fsp3) is 0.167. The van der Waals surface area contributed by atoms with Gasteiger partial charge in [-0.1, -0.05) is 25.1 Å². The second kappa shape index (κ2) is 6.62. The molecule has 6 heteroatoms. The molecule has 0 fully saturated rings. The topological polar surface area (TPSA) is 80.9 Å². The van der Waals surface area contributed by atoms with Gasteiger partial charge >= 0.3 is 0 Å². The van der Waals surface area contributed by atoms with Crippen molar-refractivity contribution < 1.29 is 9.18 Å². The van der Waals surface area contributed by atoms with Gasteiger partial charge in [0.25, 0.3) is 5.91 Å². The molecule has 5 nitrogen and oxygen atoms in total. The first-order valence-electron chi connectivity index (χ1n) is 7.69. The highest BCUT2D eigenvalue weighted by Crippen LogP contribution is 2.32. The van der Waals surface area contributed by atoms with Crippen LogP contribution in [0, 0.1) is 5.95 Å². The van der Waals surface area contributed by atoms with Crippen LogP contribution in [0.15, 0.2) is 42.7 Å². The Morgan fingerprint density at radius 1 is 1.17 bits per heavy atom. The van der Waals surface area contributed by atoms with E-state index in [1.165, 1.54) is 6.20 Å². The molecule has 2 heterocycles. The molecule has 2 aromatic heterocycles. The van der Waals surface area contributed by atoms with Crippen LogP contribution in [0.2, 0.25) is 0 Å². The lowest BCUT2D eigenvalue weighted by Crippen LogP contribution is -2.26. The first-order valence-corrected chi connectivity index (χ1v) is 7.69. The highest BCUT2D eigenvalue weighted by atomic mass is 19.1. The molecule has 0 aliphatic rings. The van der Waals surface area contributed by atoms with Crippen molar-refractivity contribution in [2.45, 2.75) is 13.3 Å². The number of carbonyl (C=O) groups excluding carboxylic acids is 1. The van der Waals surface area contributed by atoms with Crippen molar-refractivity contribution in [3.8, 4) is 11.1 Å². The smallest absolute Gasteiger partial charge is 0.272 e. The van der Waals surface area contributed by atoms with Gasteiger partial charge in [0.1, 0.15) is 0 Å². The highest BCUT2D eigenvalue weighted by Gasteiger charge is 2.16. The van der Waals surface area contributed by atoms with Crippen LogP contribution in [0.1, 0.15) is 23.8 Å². The molecule has 0 saturated heterocycles. The predicted octanol–water partition coefficient (Wildman–Crippen LogP) is 3.16. The normalized spacial score (nSPS) is 10.8. The van der Waals surface area contributed by atoms with Crippen LogP contribution in [-0.2, 0) is 0 Å². The van der Waals surface area contributed by atoms with Crippen LogP contribution in [0.5, 0.6) is 0 Å². The third-order valence-electron chi connectivity index (χ3n) is 3.77. The van der Waals surface area contributed by atoms with Gasteiger partial charge in [0.15, 0.2) is 5.69 Å². The molecule has 24 heavy (non-hydrogen) atoms. The fourth-order valence-corrected chi connectivity index (χ4v) is 2.59. The molecular weight excluding hydrogens is 307 g/mol. The molecule has 0 bridgehead atoms. The van der Waals surface area contributed by atoms with E-state index in [1.807, 2.05) is 6.92 Å². The number of nitrogen functional groups attached to an aromatic ring is 1. The van der Waals surface area contributed by atoms with Crippen LogP contribution in [0.3, 0.4) is 0 Å². The molecule has 1 amide bonds. The Morgan fingerprint density at radius 2 is 1.96 bits per heavy atom. The lowest BCUT2D eigenvalue weighted by Gasteiger charge is -2.12. The third kappa shape index (κ3) is 2.78. The zero-order valence-electron chi connectivity index (χ0n) is 13.2. The molecular formula is C18H17FN4O. The average molecular weight is 324 g/mol. The number of fused-ring (bicyclic) bond motifs is 1. The largest absolute Gasteiger partial charge is 0.396 e. The van der Waals surface area contributed by atoms with E-state index in [2.05, 4.69) is 15.3 Å². The average Bonchev–Trinajstić information content (AvgIpc) is 2.60. The Labute approximate surface area is 138 Å². The number of hydrogen-bond donors (Lipinski definition) is 2. The van der Waals surface area contributed by atoms with Gasteiger partial charge in [-0.3, -0.25) is 4.79 Å². The van der Waals surface area contributed by atoms with E-state index in [-0.39, 0.29) is 17.3 Å². The van der Waals surface area contributed by atoms with E-state index >= 15 is 0 Å². The van der Waals surface area contributed by atoms with Crippen LogP contribution < -0.4 is 11.1 Å². The molecule has 0 radical (unpaired) electrons. The lowest BCUT2D eigenvalue weighted by atomic mass is 9.99. The maximum Gasteiger partial charge on any atom is 0.272 e. The number of amides is 1.